The topological polar surface area (TPSA) is 52.5 Å². The molecular formula is C16H17N3O. The maximum Gasteiger partial charge on any atom is 0.141 e. The van der Waals surface area contributed by atoms with Crippen LogP contribution in [-0.2, 0) is 13.0 Å². The lowest BCUT2D eigenvalue weighted by molar-refractivity contribution is 0.414. The third-order valence-corrected chi connectivity index (χ3v) is 3.38. The summed E-state index contributed by atoms with van der Waals surface area (Å²) in [6, 6.07) is 12.1. The van der Waals surface area contributed by atoms with Gasteiger partial charge in [0.15, 0.2) is 0 Å². The van der Waals surface area contributed by atoms with E-state index in [0.29, 0.717) is 6.54 Å². The van der Waals surface area contributed by atoms with Crippen LogP contribution in [0.15, 0.2) is 48.8 Å². The van der Waals surface area contributed by atoms with E-state index in [1.165, 1.54) is 5.56 Å². The smallest absolute Gasteiger partial charge is 0.141 e. The van der Waals surface area contributed by atoms with Crippen molar-refractivity contribution in [3.05, 3.63) is 65.6 Å². The molecule has 2 N–H and O–H groups in total. The third-order valence-electron chi connectivity index (χ3n) is 3.38. The Morgan fingerprint density at radius 3 is 2.70 bits per heavy atom. The predicted molar refractivity (Wildman–Crippen MR) is 78.9 cm³/mol. The van der Waals surface area contributed by atoms with Crippen molar-refractivity contribution in [3.8, 4) is 5.75 Å². The van der Waals surface area contributed by atoms with Gasteiger partial charge in [0, 0.05) is 30.9 Å². The maximum absolute atomic E-state index is 5.74. The molecule has 20 heavy (non-hydrogen) atoms. The molecule has 0 fully saturated rings. The Bertz CT molecular complexity index is 716. The minimum absolute atomic E-state index is 0.503. The molecule has 2 heterocycles. The number of nitrogens with zero attached hydrogens (tertiary/aromatic N) is 2. The van der Waals surface area contributed by atoms with Gasteiger partial charge in [-0.2, -0.15) is 0 Å². The highest BCUT2D eigenvalue weighted by Gasteiger charge is 2.06. The number of aromatic nitrogens is 2. The van der Waals surface area contributed by atoms with Crippen molar-refractivity contribution < 1.29 is 4.74 Å². The molecule has 0 saturated heterocycles. The van der Waals surface area contributed by atoms with Gasteiger partial charge >= 0.3 is 0 Å². The van der Waals surface area contributed by atoms with E-state index in [1.54, 1.807) is 7.11 Å². The Labute approximate surface area is 117 Å². The molecule has 3 aromatic rings. The highest BCUT2D eigenvalue weighted by molar-refractivity contribution is 5.49. The summed E-state index contributed by atoms with van der Waals surface area (Å²) in [7, 11) is 1.67. The van der Waals surface area contributed by atoms with Gasteiger partial charge in [0.25, 0.3) is 0 Å². The van der Waals surface area contributed by atoms with Gasteiger partial charge in [0.1, 0.15) is 11.4 Å². The van der Waals surface area contributed by atoms with Crippen LogP contribution in [0.25, 0.3) is 5.65 Å². The molecule has 0 atom stereocenters. The molecule has 0 saturated carbocycles. The molecule has 4 heteroatoms. The summed E-state index contributed by atoms with van der Waals surface area (Å²) < 4.78 is 7.19. The van der Waals surface area contributed by atoms with Gasteiger partial charge in [-0.15, -0.1) is 0 Å². The second-order valence-corrected chi connectivity index (χ2v) is 4.73. The van der Waals surface area contributed by atoms with Crippen molar-refractivity contribution in [2.75, 3.05) is 7.11 Å². The van der Waals surface area contributed by atoms with Crippen LogP contribution in [0.1, 0.15) is 16.8 Å². The quantitative estimate of drug-likeness (QED) is 0.789. The van der Waals surface area contributed by atoms with Gasteiger partial charge in [-0.1, -0.05) is 18.2 Å². The van der Waals surface area contributed by atoms with Gasteiger partial charge in [0.05, 0.1) is 12.8 Å². The highest BCUT2D eigenvalue weighted by atomic mass is 16.5. The van der Waals surface area contributed by atoms with Crippen LogP contribution in [0, 0.1) is 0 Å². The lowest BCUT2D eigenvalue weighted by atomic mass is 10.1. The van der Waals surface area contributed by atoms with Crippen molar-refractivity contribution in [1.29, 1.82) is 0 Å². The first-order chi connectivity index (χ1) is 9.80. The molecule has 0 aliphatic carbocycles. The standard InChI is InChI=1S/C16H17N3O/c1-20-15-6-4-12(5-7-15)9-14-11-19-8-2-3-13(10-17)16(19)18-14/h2-8,11H,9-10,17H2,1H3. The van der Waals surface area contributed by atoms with E-state index in [2.05, 4.69) is 23.3 Å². The first-order valence-electron chi connectivity index (χ1n) is 6.58. The average molecular weight is 267 g/mol. The van der Waals surface area contributed by atoms with Crippen molar-refractivity contribution in [1.82, 2.24) is 9.38 Å². The van der Waals surface area contributed by atoms with Crippen molar-refractivity contribution >= 4 is 5.65 Å². The fourth-order valence-electron chi connectivity index (χ4n) is 2.32. The molecule has 0 bridgehead atoms. The average Bonchev–Trinajstić information content (AvgIpc) is 2.90. The second-order valence-electron chi connectivity index (χ2n) is 4.73. The van der Waals surface area contributed by atoms with Gasteiger partial charge in [-0.3, -0.25) is 0 Å². The SMILES string of the molecule is COc1ccc(Cc2cn3cccc(CN)c3n2)cc1. The number of ether oxygens (including phenoxy) is 1. The zero-order chi connectivity index (χ0) is 13.9. The van der Waals surface area contributed by atoms with Gasteiger partial charge < -0.3 is 14.9 Å². The molecule has 0 aliphatic heterocycles. The fourth-order valence-corrected chi connectivity index (χ4v) is 2.32. The molecule has 0 spiro atoms. The third kappa shape index (κ3) is 2.38. The molecule has 0 unspecified atom stereocenters. The largest absolute Gasteiger partial charge is 0.497 e. The van der Waals surface area contributed by atoms with Crippen molar-refractivity contribution in [2.45, 2.75) is 13.0 Å². The predicted octanol–water partition coefficient (Wildman–Crippen LogP) is 2.39. The molecule has 1 aromatic carbocycles. The number of pyridine rings is 1. The number of hydrogen-bond acceptors (Lipinski definition) is 3. The molecule has 4 nitrogen and oxygen atoms in total. The number of methoxy groups -OCH3 is 1. The Kier molecular flexibility index (Phi) is 3.39. The highest BCUT2D eigenvalue weighted by Crippen LogP contribution is 2.16. The summed E-state index contributed by atoms with van der Waals surface area (Å²) in [6.45, 7) is 0.503. The van der Waals surface area contributed by atoms with Crippen LogP contribution < -0.4 is 10.5 Å². The summed E-state index contributed by atoms with van der Waals surface area (Å²) >= 11 is 0. The van der Waals surface area contributed by atoms with E-state index < -0.39 is 0 Å². The number of rotatable bonds is 4. The van der Waals surface area contributed by atoms with E-state index in [4.69, 9.17) is 10.5 Å². The Morgan fingerprint density at radius 1 is 1.20 bits per heavy atom. The van der Waals surface area contributed by atoms with Crippen LogP contribution in [0.5, 0.6) is 5.75 Å². The fraction of sp³-hybridized carbons (Fsp3) is 0.188. The summed E-state index contributed by atoms with van der Waals surface area (Å²) in [5.41, 5.74) is 10.00. The molecule has 3 rings (SSSR count). The monoisotopic (exact) mass is 267 g/mol. The summed E-state index contributed by atoms with van der Waals surface area (Å²) in [6.07, 6.45) is 4.85. The Balaban J connectivity index is 1.90. The zero-order valence-electron chi connectivity index (χ0n) is 11.4. The summed E-state index contributed by atoms with van der Waals surface area (Å²) in [5, 5.41) is 0. The first-order valence-corrected chi connectivity index (χ1v) is 6.58. The normalized spacial score (nSPS) is 10.9. The van der Waals surface area contributed by atoms with Crippen molar-refractivity contribution in [3.63, 3.8) is 0 Å². The van der Waals surface area contributed by atoms with Crippen LogP contribution >= 0.6 is 0 Å². The van der Waals surface area contributed by atoms with E-state index in [1.807, 2.05) is 34.9 Å². The van der Waals surface area contributed by atoms with Crippen LogP contribution in [-0.4, -0.2) is 16.5 Å². The van der Waals surface area contributed by atoms with Crippen LogP contribution in [0.3, 0.4) is 0 Å². The number of nitrogens with two attached hydrogens (primary N) is 1. The molecule has 102 valence electrons. The Morgan fingerprint density at radius 2 is 2.00 bits per heavy atom. The molecule has 2 aromatic heterocycles. The number of benzene rings is 1. The number of hydrogen-bond donors (Lipinski definition) is 1. The van der Waals surface area contributed by atoms with E-state index in [9.17, 15) is 0 Å². The van der Waals surface area contributed by atoms with Crippen LogP contribution in [0.4, 0.5) is 0 Å². The first kappa shape index (κ1) is 12.7. The molecule has 0 radical (unpaired) electrons. The summed E-state index contributed by atoms with van der Waals surface area (Å²) in [5.74, 6) is 0.870. The lowest BCUT2D eigenvalue weighted by Gasteiger charge is -2.01. The van der Waals surface area contributed by atoms with Crippen molar-refractivity contribution in [2.24, 2.45) is 5.73 Å². The molecular weight excluding hydrogens is 250 g/mol. The maximum atomic E-state index is 5.74. The van der Waals surface area contributed by atoms with E-state index >= 15 is 0 Å². The van der Waals surface area contributed by atoms with E-state index in [-0.39, 0.29) is 0 Å². The Hall–Kier alpha value is -2.33. The zero-order valence-corrected chi connectivity index (χ0v) is 11.4. The van der Waals surface area contributed by atoms with Gasteiger partial charge in [0.2, 0.25) is 0 Å². The summed E-state index contributed by atoms with van der Waals surface area (Å²) in [4.78, 5) is 4.67. The minimum atomic E-state index is 0.503. The molecule has 0 amide bonds. The van der Waals surface area contributed by atoms with Crippen LogP contribution in [0.2, 0.25) is 0 Å². The molecule has 0 aliphatic rings. The van der Waals surface area contributed by atoms with Gasteiger partial charge in [-0.25, -0.2) is 4.98 Å². The van der Waals surface area contributed by atoms with Gasteiger partial charge in [-0.05, 0) is 23.8 Å². The minimum Gasteiger partial charge on any atom is -0.497 e. The number of fused-ring (bicyclic) bond motifs is 1. The van der Waals surface area contributed by atoms with E-state index in [0.717, 1.165) is 29.1 Å². The second kappa shape index (κ2) is 5.35. The number of imidazole rings is 1. The lowest BCUT2D eigenvalue weighted by Crippen LogP contribution is -1.99.